The van der Waals surface area contributed by atoms with E-state index in [-0.39, 0.29) is 0 Å². The zero-order valence-corrected chi connectivity index (χ0v) is 11.6. The van der Waals surface area contributed by atoms with E-state index >= 15 is 0 Å². The number of methoxy groups -OCH3 is 1. The molecule has 2 N–H and O–H groups in total. The Kier molecular flexibility index (Phi) is 3.30. The number of aromatic nitrogens is 3. The maximum absolute atomic E-state index is 5.67. The van der Waals surface area contributed by atoms with Gasteiger partial charge in [-0.05, 0) is 11.6 Å². The average Bonchev–Trinajstić information content (AvgIpc) is 2.94. The first-order valence-corrected chi connectivity index (χ1v) is 6.82. The molecule has 0 radical (unpaired) electrons. The van der Waals surface area contributed by atoms with E-state index in [1.54, 1.807) is 19.5 Å². The van der Waals surface area contributed by atoms with Crippen molar-refractivity contribution in [2.45, 2.75) is 0 Å². The molecule has 0 aliphatic carbocycles. The molecule has 0 bridgehead atoms. The Bertz CT molecular complexity index is 724. The second-order valence-corrected chi connectivity index (χ2v) is 5.00. The zero-order chi connectivity index (χ0) is 13.9. The van der Waals surface area contributed by atoms with E-state index in [9.17, 15) is 0 Å². The Morgan fingerprint density at radius 3 is 2.50 bits per heavy atom. The molecular formula is C14H12N4OS. The van der Waals surface area contributed by atoms with Gasteiger partial charge >= 0.3 is 6.01 Å². The molecule has 2 heterocycles. The van der Waals surface area contributed by atoms with Gasteiger partial charge in [0.25, 0.3) is 0 Å². The number of ether oxygens (including phenoxy) is 1. The maximum Gasteiger partial charge on any atom is 0.316 e. The lowest BCUT2D eigenvalue weighted by Crippen LogP contribution is -1.91. The van der Waals surface area contributed by atoms with Crippen LogP contribution in [0.25, 0.3) is 22.4 Å². The Morgan fingerprint density at radius 2 is 1.85 bits per heavy atom. The topological polar surface area (TPSA) is 73.9 Å². The molecule has 5 nitrogen and oxygen atoms in total. The standard InChI is InChI=1S/C14H12N4OS/c1-19-14-16-6-11(7-17-14)9-3-2-4-10(5-9)12-8-20-13(15)18-12/h2-8H,1H3,(H2,15,18). The number of hydrogen-bond acceptors (Lipinski definition) is 6. The van der Waals surface area contributed by atoms with Gasteiger partial charge in [-0.1, -0.05) is 18.2 Å². The van der Waals surface area contributed by atoms with Crippen LogP contribution >= 0.6 is 11.3 Å². The highest BCUT2D eigenvalue weighted by Gasteiger charge is 2.05. The first-order valence-electron chi connectivity index (χ1n) is 5.94. The van der Waals surface area contributed by atoms with Gasteiger partial charge in [0.05, 0.1) is 12.8 Å². The second kappa shape index (κ2) is 5.26. The molecule has 2 aromatic heterocycles. The van der Waals surface area contributed by atoms with Gasteiger partial charge in [-0.3, -0.25) is 0 Å². The lowest BCUT2D eigenvalue weighted by molar-refractivity contribution is 0.380. The Balaban J connectivity index is 1.98. The Labute approximate surface area is 120 Å². The highest BCUT2D eigenvalue weighted by atomic mass is 32.1. The molecule has 1 aromatic carbocycles. The van der Waals surface area contributed by atoms with Gasteiger partial charge in [-0.15, -0.1) is 11.3 Å². The smallest absolute Gasteiger partial charge is 0.316 e. The van der Waals surface area contributed by atoms with Crippen molar-refractivity contribution in [2.75, 3.05) is 12.8 Å². The minimum Gasteiger partial charge on any atom is -0.467 e. The summed E-state index contributed by atoms with van der Waals surface area (Å²) >= 11 is 1.43. The summed E-state index contributed by atoms with van der Waals surface area (Å²) in [5.74, 6) is 0. The van der Waals surface area contributed by atoms with Crippen molar-refractivity contribution < 1.29 is 4.74 Å². The predicted molar refractivity (Wildman–Crippen MR) is 79.5 cm³/mol. The van der Waals surface area contributed by atoms with Crippen LogP contribution in [0.15, 0.2) is 42.0 Å². The first-order chi connectivity index (χ1) is 9.76. The summed E-state index contributed by atoms with van der Waals surface area (Å²) in [5.41, 5.74) is 9.52. The van der Waals surface area contributed by atoms with E-state index in [2.05, 4.69) is 15.0 Å². The van der Waals surface area contributed by atoms with Crippen molar-refractivity contribution in [3.63, 3.8) is 0 Å². The minimum atomic E-state index is 0.358. The summed E-state index contributed by atoms with van der Waals surface area (Å²) in [4.78, 5) is 12.5. The van der Waals surface area contributed by atoms with Crippen molar-refractivity contribution in [1.82, 2.24) is 15.0 Å². The third-order valence-corrected chi connectivity index (χ3v) is 3.50. The first kappa shape index (κ1) is 12.6. The van der Waals surface area contributed by atoms with Crippen LogP contribution < -0.4 is 10.5 Å². The summed E-state index contributed by atoms with van der Waals surface area (Å²) < 4.78 is 4.96. The number of thiazole rings is 1. The summed E-state index contributed by atoms with van der Waals surface area (Å²) in [5, 5.41) is 2.51. The molecule has 0 fully saturated rings. The molecule has 0 amide bonds. The van der Waals surface area contributed by atoms with Crippen LogP contribution in [0.4, 0.5) is 5.13 Å². The molecule has 0 spiro atoms. The van der Waals surface area contributed by atoms with Crippen LogP contribution in [0.2, 0.25) is 0 Å². The van der Waals surface area contributed by atoms with Crippen LogP contribution in [-0.4, -0.2) is 22.1 Å². The molecular weight excluding hydrogens is 272 g/mol. The van der Waals surface area contributed by atoms with Crippen molar-refractivity contribution >= 4 is 16.5 Å². The number of anilines is 1. The molecule has 0 aliphatic heterocycles. The van der Waals surface area contributed by atoms with E-state index in [0.717, 1.165) is 22.4 Å². The largest absolute Gasteiger partial charge is 0.467 e. The molecule has 0 aliphatic rings. The SMILES string of the molecule is COc1ncc(-c2cccc(-c3csc(N)n3)c2)cn1. The van der Waals surface area contributed by atoms with E-state index < -0.39 is 0 Å². The number of nitrogens with zero attached hydrogens (tertiary/aromatic N) is 3. The van der Waals surface area contributed by atoms with Crippen molar-refractivity contribution in [3.05, 3.63) is 42.0 Å². The third kappa shape index (κ3) is 2.46. The maximum atomic E-state index is 5.67. The number of hydrogen-bond donors (Lipinski definition) is 1. The molecule has 3 rings (SSSR count). The van der Waals surface area contributed by atoms with Crippen LogP contribution in [0.5, 0.6) is 6.01 Å². The zero-order valence-electron chi connectivity index (χ0n) is 10.8. The lowest BCUT2D eigenvalue weighted by atomic mass is 10.0. The highest BCUT2D eigenvalue weighted by molar-refractivity contribution is 7.13. The number of rotatable bonds is 3. The molecule has 3 aromatic rings. The molecule has 0 saturated carbocycles. The number of nitrogens with two attached hydrogens (primary N) is 1. The Hall–Kier alpha value is -2.47. The van der Waals surface area contributed by atoms with Gasteiger partial charge in [-0.25, -0.2) is 15.0 Å². The van der Waals surface area contributed by atoms with Crippen molar-refractivity contribution in [3.8, 4) is 28.4 Å². The fraction of sp³-hybridized carbons (Fsp3) is 0.0714. The van der Waals surface area contributed by atoms with Crippen LogP contribution in [0, 0.1) is 0 Å². The fourth-order valence-corrected chi connectivity index (χ4v) is 2.42. The Morgan fingerprint density at radius 1 is 1.10 bits per heavy atom. The summed E-state index contributed by atoms with van der Waals surface area (Å²) in [6.07, 6.45) is 3.47. The lowest BCUT2D eigenvalue weighted by Gasteiger charge is -2.04. The van der Waals surface area contributed by atoms with Crippen molar-refractivity contribution in [2.24, 2.45) is 0 Å². The van der Waals surface area contributed by atoms with Crippen LogP contribution in [0.1, 0.15) is 0 Å². The predicted octanol–water partition coefficient (Wildman–Crippen LogP) is 2.86. The summed E-state index contributed by atoms with van der Waals surface area (Å²) in [6.45, 7) is 0. The van der Waals surface area contributed by atoms with E-state index in [1.165, 1.54) is 11.3 Å². The van der Waals surface area contributed by atoms with Gasteiger partial charge in [0.15, 0.2) is 5.13 Å². The van der Waals surface area contributed by atoms with Gasteiger partial charge in [0.1, 0.15) is 0 Å². The average molecular weight is 284 g/mol. The quantitative estimate of drug-likeness (QED) is 0.800. The molecule has 100 valence electrons. The van der Waals surface area contributed by atoms with Crippen molar-refractivity contribution in [1.29, 1.82) is 0 Å². The minimum absolute atomic E-state index is 0.358. The third-order valence-electron chi connectivity index (χ3n) is 2.82. The van der Waals surface area contributed by atoms with Gasteiger partial charge < -0.3 is 10.5 Å². The van der Waals surface area contributed by atoms with E-state index in [4.69, 9.17) is 10.5 Å². The van der Waals surface area contributed by atoms with Crippen LogP contribution in [0.3, 0.4) is 0 Å². The van der Waals surface area contributed by atoms with Gasteiger partial charge in [-0.2, -0.15) is 0 Å². The number of nitrogen functional groups attached to an aromatic ring is 1. The molecule has 20 heavy (non-hydrogen) atoms. The molecule has 0 atom stereocenters. The van der Waals surface area contributed by atoms with E-state index in [1.807, 2.05) is 29.6 Å². The summed E-state index contributed by atoms with van der Waals surface area (Å²) in [6, 6.07) is 8.38. The van der Waals surface area contributed by atoms with Crippen LogP contribution in [-0.2, 0) is 0 Å². The monoisotopic (exact) mass is 284 g/mol. The normalized spacial score (nSPS) is 10.4. The van der Waals surface area contributed by atoms with Gasteiger partial charge in [0, 0.05) is 28.9 Å². The molecule has 0 saturated heterocycles. The second-order valence-electron chi connectivity index (χ2n) is 4.11. The number of benzene rings is 1. The van der Waals surface area contributed by atoms with Gasteiger partial charge in [0.2, 0.25) is 0 Å². The highest BCUT2D eigenvalue weighted by Crippen LogP contribution is 2.27. The fourth-order valence-electron chi connectivity index (χ4n) is 1.85. The van der Waals surface area contributed by atoms with E-state index in [0.29, 0.717) is 11.1 Å². The summed E-state index contributed by atoms with van der Waals surface area (Å²) in [7, 11) is 1.54. The molecule has 6 heteroatoms. The molecule has 0 unspecified atom stereocenters.